The maximum atomic E-state index is 11.4. The zero-order valence-electron chi connectivity index (χ0n) is 16.5. The largest absolute Gasteiger partial charge is 0.463 e. The zero-order valence-corrected chi connectivity index (χ0v) is 16.5. The zero-order chi connectivity index (χ0) is 19.8. The molecule has 0 atom stereocenters. The third-order valence-corrected chi connectivity index (χ3v) is 4.64. The van der Waals surface area contributed by atoms with Crippen LogP contribution in [-0.4, -0.2) is 12.6 Å². The maximum absolute atomic E-state index is 11.4. The summed E-state index contributed by atoms with van der Waals surface area (Å²) in [4.78, 5) is 11.4. The molecule has 0 bridgehead atoms. The van der Waals surface area contributed by atoms with Crippen LogP contribution in [0.25, 0.3) is 6.08 Å². The highest BCUT2D eigenvalue weighted by atomic mass is 16.5. The quantitative estimate of drug-likeness (QED) is 0.391. The van der Waals surface area contributed by atoms with E-state index >= 15 is 0 Å². The van der Waals surface area contributed by atoms with E-state index in [-0.39, 0.29) is 5.97 Å². The number of hydrogen-bond acceptors (Lipinski definition) is 2. The maximum Gasteiger partial charge on any atom is 0.330 e. The van der Waals surface area contributed by atoms with E-state index in [1.165, 1.54) is 33.9 Å². The molecule has 0 N–H and O–H groups in total. The average molecular weight is 370 g/mol. The molecule has 0 heterocycles. The van der Waals surface area contributed by atoms with E-state index in [1.54, 1.807) is 13.0 Å². The highest BCUT2D eigenvalue weighted by Gasteiger charge is 2.00. The molecule has 3 aromatic carbocycles. The van der Waals surface area contributed by atoms with Crippen molar-refractivity contribution < 1.29 is 9.53 Å². The van der Waals surface area contributed by atoms with Gasteiger partial charge in [-0.05, 0) is 60.6 Å². The molecule has 0 aliphatic carbocycles. The van der Waals surface area contributed by atoms with Crippen LogP contribution in [0.3, 0.4) is 0 Å². The minimum Gasteiger partial charge on any atom is -0.463 e. The molecule has 0 unspecified atom stereocenters. The molecule has 0 spiro atoms. The highest BCUT2D eigenvalue weighted by molar-refractivity contribution is 5.87. The number of aryl methyl sites for hydroxylation is 1. The molecule has 2 nitrogen and oxygen atoms in total. The first-order chi connectivity index (χ1) is 13.6. The Labute approximate surface area is 167 Å². The van der Waals surface area contributed by atoms with E-state index in [2.05, 4.69) is 67.6 Å². The molecule has 0 saturated heterocycles. The highest BCUT2D eigenvalue weighted by Crippen LogP contribution is 2.15. The second-order valence-electron chi connectivity index (χ2n) is 6.98. The third-order valence-electron chi connectivity index (χ3n) is 4.64. The van der Waals surface area contributed by atoms with E-state index < -0.39 is 0 Å². The number of esters is 1. The Kier molecular flexibility index (Phi) is 6.80. The lowest BCUT2D eigenvalue weighted by molar-refractivity contribution is -0.137. The molecule has 0 saturated carbocycles. The van der Waals surface area contributed by atoms with Gasteiger partial charge in [0.25, 0.3) is 0 Å². The average Bonchev–Trinajstić information content (AvgIpc) is 2.71. The van der Waals surface area contributed by atoms with Crippen molar-refractivity contribution in [3.63, 3.8) is 0 Å². The van der Waals surface area contributed by atoms with Crippen molar-refractivity contribution in [2.45, 2.75) is 26.7 Å². The lowest BCUT2D eigenvalue weighted by Gasteiger charge is -2.06. The van der Waals surface area contributed by atoms with Gasteiger partial charge in [0.05, 0.1) is 6.61 Å². The van der Waals surface area contributed by atoms with Crippen LogP contribution >= 0.6 is 0 Å². The molecule has 0 amide bonds. The summed E-state index contributed by atoms with van der Waals surface area (Å²) in [5, 5.41) is 0. The fourth-order valence-corrected chi connectivity index (χ4v) is 3.05. The molecule has 3 rings (SSSR count). The van der Waals surface area contributed by atoms with Crippen molar-refractivity contribution in [2.75, 3.05) is 6.61 Å². The fraction of sp³-hybridized carbons (Fsp3) is 0.192. The van der Waals surface area contributed by atoms with Gasteiger partial charge in [-0.1, -0.05) is 78.4 Å². The van der Waals surface area contributed by atoms with Crippen LogP contribution in [0.4, 0.5) is 0 Å². The fourth-order valence-electron chi connectivity index (χ4n) is 3.05. The molecule has 28 heavy (non-hydrogen) atoms. The van der Waals surface area contributed by atoms with Crippen LogP contribution in [0.5, 0.6) is 0 Å². The van der Waals surface area contributed by atoms with Crippen molar-refractivity contribution in [3.05, 3.63) is 112 Å². The third kappa shape index (κ3) is 5.95. The normalized spacial score (nSPS) is 10.9. The van der Waals surface area contributed by atoms with Crippen molar-refractivity contribution in [1.82, 2.24) is 0 Å². The molecule has 0 fully saturated rings. The van der Waals surface area contributed by atoms with Gasteiger partial charge < -0.3 is 4.74 Å². The lowest BCUT2D eigenvalue weighted by atomic mass is 9.99. The summed E-state index contributed by atoms with van der Waals surface area (Å²) >= 11 is 0. The summed E-state index contributed by atoms with van der Waals surface area (Å²) in [5.41, 5.74) is 7.49. The number of carbonyl (C=O) groups is 1. The molecule has 0 radical (unpaired) electrons. The number of carbonyl (C=O) groups excluding carboxylic acids is 1. The molecular formula is C26H26O2. The Hall–Kier alpha value is -3.13. The van der Waals surface area contributed by atoms with Crippen LogP contribution in [0.1, 0.15) is 40.3 Å². The Morgan fingerprint density at radius 1 is 0.750 bits per heavy atom. The monoisotopic (exact) mass is 370 g/mol. The van der Waals surface area contributed by atoms with E-state index in [4.69, 9.17) is 4.74 Å². The standard InChI is InChI=1S/C26H26O2/c1-3-28-26(27)17-16-21-8-10-23(11-9-21)19-25-14-12-24(13-15-25)18-22-6-4-20(2)5-7-22/h4-17H,3,18-19H2,1-2H3/b17-16+. The second kappa shape index (κ2) is 9.70. The molecule has 0 aliphatic heterocycles. The summed E-state index contributed by atoms with van der Waals surface area (Å²) in [6.45, 7) is 4.31. The number of ether oxygens (including phenoxy) is 1. The van der Waals surface area contributed by atoms with Crippen LogP contribution < -0.4 is 0 Å². The van der Waals surface area contributed by atoms with E-state index in [0.29, 0.717) is 6.61 Å². The van der Waals surface area contributed by atoms with E-state index in [0.717, 1.165) is 18.4 Å². The predicted octanol–water partition coefficient (Wildman–Crippen LogP) is 5.75. The van der Waals surface area contributed by atoms with Crippen molar-refractivity contribution in [3.8, 4) is 0 Å². The first-order valence-electron chi connectivity index (χ1n) is 9.69. The van der Waals surface area contributed by atoms with Gasteiger partial charge in [0.1, 0.15) is 0 Å². The minimum atomic E-state index is -0.308. The van der Waals surface area contributed by atoms with E-state index in [9.17, 15) is 4.79 Å². The van der Waals surface area contributed by atoms with Gasteiger partial charge in [0.15, 0.2) is 0 Å². The van der Waals surface area contributed by atoms with Crippen molar-refractivity contribution >= 4 is 12.0 Å². The van der Waals surface area contributed by atoms with Gasteiger partial charge in [-0.15, -0.1) is 0 Å². The van der Waals surface area contributed by atoms with Crippen molar-refractivity contribution in [1.29, 1.82) is 0 Å². The summed E-state index contributed by atoms with van der Waals surface area (Å²) in [5.74, 6) is -0.308. The van der Waals surface area contributed by atoms with Gasteiger partial charge in [0.2, 0.25) is 0 Å². The van der Waals surface area contributed by atoms with Gasteiger partial charge in [-0.25, -0.2) is 4.79 Å². The summed E-state index contributed by atoms with van der Waals surface area (Å²) in [7, 11) is 0. The first-order valence-corrected chi connectivity index (χ1v) is 9.69. The lowest BCUT2D eigenvalue weighted by Crippen LogP contribution is -1.98. The van der Waals surface area contributed by atoms with Gasteiger partial charge in [-0.3, -0.25) is 0 Å². The van der Waals surface area contributed by atoms with Crippen molar-refractivity contribution in [2.24, 2.45) is 0 Å². The summed E-state index contributed by atoms with van der Waals surface area (Å²) in [6.07, 6.45) is 5.10. The molecule has 2 heteroatoms. The summed E-state index contributed by atoms with van der Waals surface area (Å²) in [6, 6.07) is 25.8. The minimum absolute atomic E-state index is 0.308. The molecule has 0 aromatic heterocycles. The Morgan fingerprint density at radius 2 is 1.18 bits per heavy atom. The summed E-state index contributed by atoms with van der Waals surface area (Å²) < 4.78 is 4.89. The molecule has 0 aliphatic rings. The topological polar surface area (TPSA) is 26.3 Å². The number of rotatable bonds is 7. The van der Waals surface area contributed by atoms with Gasteiger partial charge in [-0.2, -0.15) is 0 Å². The van der Waals surface area contributed by atoms with Gasteiger partial charge >= 0.3 is 5.97 Å². The smallest absolute Gasteiger partial charge is 0.330 e. The molecule has 3 aromatic rings. The Balaban J connectivity index is 1.57. The molecule has 142 valence electrons. The van der Waals surface area contributed by atoms with Crippen LogP contribution in [-0.2, 0) is 22.4 Å². The SMILES string of the molecule is CCOC(=O)/C=C/c1ccc(Cc2ccc(Cc3ccc(C)cc3)cc2)cc1. The number of benzene rings is 3. The predicted molar refractivity (Wildman–Crippen MR) is 115 cm³/mol. The van der Waals surface area contributed by atoms with Crippen LogP contribution in [0.2, 0.25) is 0 Å². The van der Waals surface area contributed by atoms with Crippen LogP contribution in [0.15, 0.2) is 78.9 Å². The van der Waals surface area contributed by atoms with E-state index in [1.807, 2.05) is 12.1 Å². The Morgan fingerprint density at radius 3 is 1.64 bits per heavy atom. The van der Waals surface area contributed by atoms with Gasteiger partial charge in [0, 0.05) is 6.08 Å². The molecular weight excluding hydrogens is 344 g/mol. The number of hydrogen-bond donors (Lipinski definition) is 0. The first kappa shape index (κ1) is 19.6. The Bertz CT molecular complexity index is 918. The van der Waals surface area contributed by atoms with Crippen LogP contribution in [0, 0.1) is 6.92 Å². The second-order valence-corrected chi connectivity index (χ2v) is 6.98.